The average molecular weight is 368 g/mol. The number of hydrogen-bond acceptors (Lipinski definition) is 4. The zero-order chi connectivity index (χ0) is 18.5. The molecule has 0 aliphatic rings. The van der Waals surface area contributed by atoms with Crippen LogP contribution in [0.3, 0.4) is 0 Å². The van der Waals surface area contributed by atoms with Gasteiger partial charge in [-0.05, 0) is 48.9 Å². The quantitative estimate of drug-likeness (QED) is 0.752. The molecule has 3 aromatic rings. The van der Waals surface area contributed by atoms with Gasteiger partial charge in [-0.2, -0.15) is 4.99 Å². The van der Waals surface area contributed by atoms with Crippen molar-refractivity contribution in [2.75, 3.05) is 13.7 Å². The highest BCUT2D eigenvalue weighted by molar-refractivity contribution is 7.09. The van der Waals surface area contributed by atoms with E-state index in [0.29, 0.717) is 16.9 Å². The number of aromatic nitrogens is 1. The second kappa shape index (κ2) is 8.12. The van der Waals surface area contributed by atoms with Gasteiger partial charge in [-0.1, -0.05) is 18.2 Å². The number of benzene rings is 2. The summed E-state index contributed by atoms with van der Waals surface area (Å²) in [5.74, 6) is 0.485. The minimum absolute atomic E-state index is 0.0357. The summed E-state index contributed by atoms with van der Waals surface area (Å²) in [5, 5.41) is 9.50. The Balaban J connectivity index is 2.09. The molecule has 6 heteroatoms. The van der Waals surface area contributed by atoms with Crippen LogP contribution in [0.2, 0.25) is 0 Å². The number of hydrogen-bond donors (Lipinski definition) is 1. The molecule has 0 spiro atoms. The van der Waals surface area contributed by atoms with E-state index in [4.69, 9.17) is 4.74 Å². The normalized spacial score (nSPS) is 11.6. The van der Waals surface area contributed by atoms with E-state index in [9.17, 15) is 9.90 Å². The summed E-state index contributed by atoms with van der Waals surface area (Å²) in [6.07, 6.45) is 0. The number of aliphatic hydroxyl groups is 1. The molecule has 1 heterocycles. The van der Waals surface area contributed by atoms with Gasteiger partial charge in [0.05, 0.1) is 19.4 Å². The Labute approximate surface area is 155 Å². The molecule has 0 fully saturated rings. The molecule has 0 radical (unpaired) electrons. The maximum atomic E-state index is 12.5. The molecule has 0 saturated carbocycles. The molecule has 1 amide bonds. The lowest BCUT2D eigenvalue weighted by Gasteiger charge is -2.09. The lowest BCUT2D eigenvalue weighted by molar-refractivity contribution is 0.0997. The molecule has 0 atom stereocenters. The Morgan fingerprint density at radius 3 is 2.46 bits per heavy atom. The predicted molar refractivity (Wildman–Crippen MR) is 102 cm³/mol. The maximum Gasteiger partial charge on any atom is 0.279 e. The van der Waals surface area contributed by atoms with Crippen LogP contribution in [0.1, 0.15) is 15.2 Å². The third kappa shape index (κ3) is 3.76. The van der Waals surface area contributed by atoms with Gasteiger partial charge in [0.15, 0.2) is 4.80 Å². The lowest BCUT2D eigenvalue weighted by atomic mass is 10.1. The predicted octanol–water partition coefficient (Wildman–Crippen LogP) is 3.27. The summed E-state index contributed by atoms with van der Waals surface area (Å²) < 4.78 is 7.10. The number of nitrogens with zero attached hydrogens (tertiary/aromatic N) is 2. The molecule has 134 valence electrons. The molecule has 0 aliphatic heterocycles. The van der Waals surface area contributed by atoms with Gasteiger partial charge in [-0.25, -0.2) is 0 Å². The van der Waals surface area contributed by atoms with Gasteiger partial charge in [0.25, 0.3) is 5.91 Å². The number of thiazole rings is 1. The fraction of sp³-hybridized carbons (Fsp3) is 0.200. The van der Waals surface area contributed by atoms with Gasteiger partial charge < -0.3 is 14.4 Å². The second-order valence-corrected chi connectivity index (χ2v) is 6.86. The van der Waals surface area contributed by atoms with Gasteiger partial charge in [-0.15, -0.1) is 11.3 Å². The van der Waals surface area contributed by atoms with Crippen molar-refractivity contribution in [2.45, 2.75) is 13.5 Å². The van der Waals surface area contributed by atoms with Crippen LogP contribution in [0.15, 0.2) is 59.6 Å². The maximum absolute atomic E-state index is 12.5. The highest BCUT2D eigenvalue weighted by Gasteiger charge is 2.14. The Morgan fingerprint density at radius 1 is 1.15 bits per heavy atom. The number of amides is 1. The third-order valence-corrected chi connectivity index (χ3v) is 4.98. The number of ether oxygens (including phenoxy) is 1. The van der Waals surface area contributed by atoms with Crippen LogP contribution in [0.4, 0.5) is 0 Å². The molecule has 2 aromatic carbocycles. The molecule has 0 bridgehead atoms. The van der Waals surface area contributed by atoms with Crippen LogP contribution in [0, 0.1) is 6.92 Å². The van der Waals surface area contributed by atoms with Crippen LogP contribution in [-0.2, 0) is 6.54 Å². The Kier molecular flexibility index (Phi) is 5.65. The summed E-state index contributed by atoms with van der Waals surface area (Å²) in [7, 11) is 1.63. The van der Waals surface area contributed by atoms with Gasteiger partial charge in [0.1, 0.15) is 5.75 Å². The SMILES string of the molecule is COc1ccc(-c2c(C)sc(=NC(=O)c3ccccc3)n2CCO)cc1. The standard InChI is InChI=1S/C20H20N2O3S/c1-14-18(15-8-10-17(25-2)11-9-15)22(12-13-23)20(26-14)21-19(24)16-6-4-3-5-7-16/h3-11,23H,12-13H2,1-2H3. The highest BCUT2D eigenvalue weighted by Crippen LogP contribution is 2.27. The molecule has 5 nitrogen and oxygen atoms in total. The first-order valence-electron chi connectivity index (χ1n) is 8.23. The lowest BCUT2D eigenvalue weighted by Crippen LogP contribution is -2.20. The minimum atomic E-state index is -0.292. The summed E-state index contributed by atoms with van der Waals surface area (Å²) in [6, 6.07) is 16.7. The van der Waals surface area contributed by atoms with Crippen molar-refractivity contribution in [3.05, 3.63) is 69.8 Å². The molecule has 3 rings (SSSR count). The molecule has 26 heavy (non-hydrogen) atoms. The van der Waals surface area contributed by atoms with Crippen molar-refractivity contribution >= 4 is 17.2 Å². The van der Waals surface area contributed by atoms with Crippen molar-refractivity contribution in [2.24, 2.45) is 4.99 Å². The molecular weight excluding hydrogens is 348 g/mol. The van der Waals surface area contributed by atoms with Gasteiger partial charge in [0, 0.05) is 17.0 Å². The van der Waals surface area contributed by atoms with Crippen LogP contribution >= 0.6 is 11.3 Å². The number of carbonyl (C=O) groups is 1. The minimum Gasteiger partial charge on any atom is -0.497 e. The number of aryl methyl sites for hydroxylation is 1. The first kappa shape index (κ1) is 18.1. The van der Waals surface area contributed by atoms with Crippen LogP contribution in [-0.4, -0.2) is 29.3 Å². The summed E-state index contributed by atoms with van der Waals surface area (Å²) >= 11 is 1.44. The zero-order valence-corrected chi connectivity index (χ0v) is 15.5. The van der Waals surface area contributed by atoms with E-state index >= 15 is 0 Å². The molecule has 1 N–H and O–H groups in total. The summed E-state index contributed by atoms with van der Waals surface area (Å²) in [4.78, 5) is 18.4. The average Bonchev–Trinajstić information content (AvgIpc) is 2.97. The third-order valence-electron chi connectivity index (χ3n) is 3.98. The van der Waals surface area contributed by atoms with Crippen molar-refractivity contribution < 1.29 is 14.6 Å². The monoisotopic (exact) mass is 368 g/mol. The topological polar surface area (TPSA) is 63.8 Å². The number of rotatable bonds is 5. The highest BCUT2D eigenvalue weighted by atomic mass is 32.1. The van der Waals surface area contributed by atoms with Crippen LogP contribution in [0.5, 0.6) is 5.75 Å². The van der Waals surface area contributed by atoms with E-state index in [1.165, 1.54) is 11.3 Å². The largest absolute Gasteiger partial charge is 0.497 e. The second-order valence-electron chi connectivity index (χ2n) is 5.68. The molecule has 0 saturated heterocycles. The first-order chi connectivity index (χ1) is 12.6. The zero-order valence-electron chi connectivity index (χ0n) is 14.7. The van der Waals surface area contributed by atoms with E-state index in [1.807, 2.05) is 54.0 Å². The molecular formula is C20H20N2O3S. The van der Waals surface area contributed by atoms with Gasteiger partial charge in [-0.3, -0.25) is 4.79 Å². The molecule has 1 aromatic heterocycles. The fourth-order valence-electron chi connectivity index (χ4n) is 2.76. The molecule has 0 aliphatic carbocycles. The number of carbonyl (C=O) groups excluding carboxylic acids is 1. The Hall–Kier alpha value is -2.70. The Bertz CT molecular complexity index is 957. The fourth-order valence-corrected chi connectivity index (χ4v) is 3.78. The summed E-state index contributed by atoms with van der Waals surface area (Å²) in [5.41, 5.74) is 2.48. The van der Waals surface area contributed by atoms with Gasteiger partial charge >= 0.3 is 0 Å². The molecule has 0 unspecified atom stereocenters. The van der Waals surface area contributed by atoms with E-state index < -0.39 is 0 Å². The Morgan fingerprint density at radius 2 is 1.85 bits per heavy atom. The number of aliphatic hydroxyl groups excluding tert-OH is 1. The van der Waals surface area contributed by atoms with Crippen molar-refractivity contribution in [3.8, 4) is 17.0 Å². The number of methoxy groups -OCH3 is 1. The van der Waals surface area contributed by atoms with E-state index in [1.54, 1.807) is 19.2 Å². The van der Waals surface area contributed by atoms with Crippen molar-refractivity contribution in [3.63, 3.8) is 0 Å². The van der Waals surface area contributed by atoms with E-state index in [0.717, 1.165) is 21.9 Å². The van der Waals surface area contributed by atoms with Crippen molar-refractivity contribution in [1.82, 2.24) is 4.57 Å². The smallest absolute Gasteiger partial charge is 0.279 e. The van der Waals surface area contributed by atoms with Crippen molar-refractivity contribution in [1.29, 1.82) is 0 Å². The summed E-state index contributed by atoms with van der Waals surface area (Å²) in [6.45, 7) is 2.32. The van der Waals surface area contributed by atoms with E-state index in [2.05, 4.69) is 4.99 Å². The van der Waals surface area contributed by atoms with Crippen LogP contribution in [0.25, 0.3) is 11.3 Å². The van der Waals surface area contributed by atoms with Crippen LogP contribution < -0.4 is 9.54 Å². The van der Waals surface area contributed by atoms with E-state index in [-0.39, 0.29) is 12.5 Å². The first-order valence-corrected chi connectivity index (χ1v) is 9.05. The van der Waals surface area contributed by atoms with Gasteiger partial charge in [0.2, 0.25) is 0 Å².